The number of benzene rings is 1. The predicted octanol–water partition coefficient (Wildman–Crippen LogP) is 0.742. The summed E-state index contributed by atoms with van der Waals surface area (Å²) < 4.78 is 24.7. The number of sulfonamides is 1. The lowest BCUT2D eigenvalue weighted by atomic mass is 10.2. The summed E-state index contributed by atoms with van der Waals surface area (Å²) in [6, 6.07) is 10.8. The number of hydrogen-bond acceptors (Lipinski definition) is 4. The van der Waals surface area contributed by atoms with Crippen molar-refractivity contribution < 1.29 is 8.42 Å². The normalized spacial score (nSPS) is 20.2. The summed E-state index contributed by atoms with van der Waals surface area (Å²) in [5.74, 6) is 0.162. The van der Waals surface area contributed by atoms with Crippen molar-refractivity contribution in [3.05, 3.63) is 35.9 Å². The van der Waals surface area contributed by atoms with Crippen LogP contribution < -0.4 is 5.32 Å². The van der Waals surface area contributed by atoms with Crippen molar-refractivity contribution in [2.75, 3.05) is 39.5 Å². The number of nitrogens with zero attached hydrogens (tertiary/aromatic N) is 2. The van der Waals surface area contributed by atoms with Gasteiger partial charge in [0.05, 0.1) is 5.75 Å². The van der Waals surface area contributed by atoms with Gasteiger partial charge in [-0.05, 0) is 12.0 Å². The highest BCUT2D eigenvalue weighted by Gasteiger charge is 2.22. The lowest BCUT2D eigenvalue weighted by Crippen LogP contribution is -2.37. The molecule has 0 aliphatic carbocycles. The highest BCUT2D eigenvalue weighted by molar-refractivity contribution is 7.89. The van der Waals surface area contributed by atoms with Gasteiger partial charge in [0.1, 0.15) is 0 Å². The van der Waals surface area contributed by atoms with Gasteiger partial charge >= 0.3 is 0 Å². The molecule has 118 valence electrons. The molecule has 1 N–H and O–H groups in total. The van der Waals surface area contributed by atoms with E-state index in [1.54, 1.807) is 14.1 Å². The average molecular weight is 311 g/mol. The van der Waals surface area contributed by atoms with Crippen molar-refractivity contribution in [1.29, 1.82) is 0 Å². The molecule has 0 unspecified atom stereocenters. The SMILES string of the molecule is CN(C)S(=O)(=O)CCN[C@@H]1CCN(Cc2ccccc2)C1. The zero-order chi connectivity index (χ0) is 15.3. The molecule has 0 spiro atoms. The Bertz CT molecular complexity index is 531. The van der Waals surface area contributed by atoms with E-state index >= 15 is 0 Å². The second-order valence-electron chi connectivity index (χ2n) is 5.76. The molecule has 0 bridgehead atoms. The highest BCUT2D eigenvalue weighted by Crippen LogP contribution is 2.13. The Balaban J connectivity index is 1.71. The summed E-state index contributed by atoms with van der Waals surface area (Å²) in [5.41, 5.74) is 1.33. The van der Waals surface area contributed by atoms with Crippen molar-refractivity contribution in [2.24, 2.45) is 0 Å². The fourth-order valence-electron chi connectivity index (χ4n) is 2.56. The van der Waals surface area contributed by atoms with Gasteiger partial charge < -0.3 is 5.32 Å². The van der Waals surface area contributed by atoms with Gasteiger partial charge in [-0.3, -0.25) is 4.90 Å². The molecule has 1 heterocycles. The molecule has 0 radical (unpaired) electrons. The largest absolute Gasteiger partial charge is 0.312 e. The smallest absolute Gasteiger partial charge is 0.214 e. The van der Waals surface area contributed by atoms with Crippen molar-refractivity contribution in [1.82, 2.24) is 14.5 Å². The highest BCUT2D eigenvalue weighted by atomic mass is 32.2. The maximum Gasteiger partial charge on any atom is 0.214 e. The minimum atomic E-state index is -3.09. The first kappa shape index (κ1) is 16.4. The van der Waals surface area contributed by atoms with E-state index in [4.69, 9.17) is 0 Å². The minimum Gasteiger partial charge on any atom is -0.312 e. The summed E-state index contributed by atoms with van der Waals surface area (Å²) in [5, 5.41) is 3.36. The van der Waals surface area contributed by atoms with Crippen LogP contribution in [0.15, 0.2) is 30.3 Å². The quantitative estimate of drug-likeness (QED) is 0.807. The Morgan fingerprint density at radius 1 is 1.29 bits per heavy atom. The summed E-state index contributed by atoms with van der Waals surface area (Å²) >= 11 is 0. The topological polar surface area (TPSA) is 52.7 Å². The van der Waals surface area contributed by atoms with Crippen LogP contribution in [0, 0.1) is 0 Å². The van der Waals surface area contributed by atoms with Crippen LogP contribution in [0.5, 0.6) is 0 Å². The average Bonchev–Trinajstić information content (AvgIpc) is 2.87. The summed E-state index contributed by atoms with van der Waals surface area (Å²) in [6.45, 7) is 3.53. The molecule has 6 heteroatoms. The minimum absolute atomic E-state index is 0.162. The van der Waals surface area contributed by atoms with Gasteiger partial charge in [0.15, 0.2) is 0 Å². The van der Waals surface area contributed by atoms with E-state index in [-0.39, 0.29) is 5.75 Å². The second kappa shape index (κ2) is 7.35. The Kier molecular flexibility index (Phi) is 5.75. The van der Waals surface area contributed by atoms with Crippen molar-refractivity contribution in [2.45, 2.75) is 19.0 Å². The van der Waals surface area contributed by atoms with E-state index in [0.29, 0.717) is 12.6 Å². The van der Waals surface area contributed by atoms with Gasteiger partial charge in [-0.1, -0.05) is 30.3 Å². The first-order chi connectivity index (χ1) is 9.97. The maximum atomic E-state index is 11.7. The fourth-order valence-corrected chi connectivity index (χ4v) is 3.30. The van der Waals surface area contributed by atoms with Crippen LogP contribution in [0.2, 0.25) is 0 Å². The van der Waals surface area contributed by atoms with Crippen molar-refractivity contribution in [3.8, 4) is 0 Å². The van der Waals surface area contributed by atoms with Crippen molar-refractivity contribution >= 4 is 10.0 Å². The lowest BCUT2D eigenvalue weighted by molar-refractivity contribution is 0.321. The molecule has 21 heavy (non-hydrogen) atoms. The Hall–Kier alpha value is -0.950. The van der Waals surface area contributed by atoms with E-state index in [9.17, 15) is 8.42 Å². The van der Waals surface area contributed by atoms with Gasteiger partial charge in [0, 0.05) is 46.3 Å². The molecule has 0 saturated carbocycles. The third-order valence-electron chi connectivity index (χ3n) is 3.87. The number of likely N-dealkylation sites (tertiary alicyclic amines) is 1. The molecule has 0 amide bonds. The van der Waals surface area contributed by atoms with Crippen LogP contribution in [0.25, 0.3) is 0 Å². The summed E-state index contributed by atoms with van der Waals surface area (Å²) in [7, 11) is 0.0570. The van der Waals surface area contributed by atoms with Gasteiger partial charge in [0.25, 0.3) is 0 Å². The molecular weight excluding hydrogens is 286 g/mol. The first-order valence-corrected chi connectivity index (χ1v) is 8.98. The third-order valence-corrected chi connectivity index (χ3v) is 5.70. The number of rotatable bonds is 7. The monoisotopic (exact) mass is 311 g/mol. The van der Waals surface area contributed by atoms with Crippen LogP contribution in [-0.4, -0.2) is 63.1 Å². The third kappa shape index (κ3) is 5.07. The lowest BCUT2D eigenvalue weighted by Gasteiger charge is -2.17. The molecule has 1 saturated heterocycles. The van der Waals surface area contributed by atoms with E-state index in [2.05, 4.69) is 34.5 Å². The van der Waals surface area contributed by atoms with Crippen LogP contribution in [-0.2, 0) is 16.6 Å². The molecule has 1 aliphatic rings. The molecule has 1 fully saturated rings. The van der Waals surface area contributed by atoms with Gasteiger partial charge in [-0.25, -0.2) is 12.7 Å². The Morgan fingerprint density at radius 3 is 2.67 bits per heavy atom. The van der Waals surface area contributed by atoms with Crippen LogP contribution >= 0.6 is 0 Å². The molecule has 1 aliphatic heterocycles. The van der Waals surface area contributed by atoms with Crippen LogP contribution in [0.1, 0.15) is 12.0 Å². The molecule has 1 aromatic carbocycles. The van der Waals surface area contributed by atoms with E-state index < -0.39 is 10.0 Å². The van der Waals surface area contributed by atoms with Gasteiger partial charge in [-0.15, -0.1) is 0 Å². The molecule has 1 atom stereocenters. The van der Waals surface area contributed by atoms with E-state index in [1.807, 2.05) is 6.07 Å². The zero-order valence-electron chi connectivity index (χ0n) is 12.8. The van der Waals surface area contributed by atoms with Crippen molar-refractivity contribution in [3.63, 3.8) is 0 Å². The molecular formula is C15H25N3O2S. The maximum absolute atomic E-state index is 11.7. The second-order valence-corrected chi connectivity index (χ2v) is 8.06. The Morgan fingerprint density at radius 2 is 2.00 bits per heavy atom. The molecule has 2 rings (SSSR count). The predicted molar refractivity (Wildman–Crippen MR) is 85.6 cm³/mol. The van der Waals surface area contributed by atoms with Crippen LogP contribution in [0.3, 0.4) is 0 Å². The summed E-state index contributed by atoms with van der Waals surface area (Å²) in [6.07, 6.45) is 1.08. The first-order valence-electron chi connectivity index (χ1n) is 7.37. The molecule has 0 aromatic heterocycles. The Labute approximate surface area is 128 Å². The van der Waals surface area contributed by atoms with E-state index in [1.165, 1.54) is 9.87 Å². The van der Waals surface area contributed by atoms with E-state index in [0.717, 1.165) is 26.1 Å². The molecule has 1 aromatic rings. The number of hydrogen-bond donors (Lipinski definition) is 1. The standard InChI is InChI=1S/C15H25N3O2S/c1-17(2)21(19,20)11-9-16-15-8-10-18(13-15)12-14-6-4-3-5-7-14/h3-7,15-16H,8-13H2,1-2H3/t15-/m1/s1. The fraction of sp³-hybridized carbons (Fsp3) is 0.600. The number of nitrogens with one attached hydrogen (secondary N) is 1. The van der Waals surface area contributed by atoms with Gasteiger partial charge in [-0.2, -0.15) is 0 Å². The summed E-state index contributed by atoms with van der Waals surface area (Å²) in [4.78, 5) is 2.41. The van der Waals surface area contributed by atoms with Gasteiger partial charge in [0.2, 0.25) is 10.0 Å². The molecule has 5 nitrogen and oxygen atoms in total. The zero-order valence-corrected chi connectivity index (χ0v) is 13.6. The van der Waals surface area contributed by atoms with Crippen LogP contribution in [0.4, 0.5) is 0 Å².